The van der Waals surface area contributed by atoms with Gasteiger partial charge < -0.3 is 15.2 Å². The average molecular weight is 197 g/mol. The lowest BCUT2D eigenvalue weighted by Crippen LogP contribution is -2.34. The molecule has 0 aliphatic carbocycles. The van der Waals surface area contributed by atoms with Gasteiger partial charge in [-0.05, 0) is 18.6 Å². The Kier molecular flexibility index (Phi) is 2.29. The van der Waals surface area contributed by atoms with Crippen LogP contribution in [0.3, 0.4) is 0 Å². The molecule has 0 unspecified atom stereocenters. The zero-order valence-corrected chi connectivity index (χ0v) is 7.92. The van der Waals surface area contributed by atoms with E-state index in [0.29, 0.717) is 18.8 Å². The van der Waals surface area contributed by atoms with Gasteiger partial charge in [-0.25, -0.2) is 4.39 Å². The minimum Gasteiger partial charge on any atom is -0.496 e. The second kappa shape index (κ2) is 3.46. The minimum atomic E-state index is -0.354. The fourth-order valence-corrected chi connectivity index (χ4v) is 1.63. The van der Waals surface area contributed by atoms with Crippen LogP contribution in [0.5, 0.6) is 11.5 Å². The third-order valence-electron chi connectivity index (χ3n) is 2.30. The van der Waals surface area contributed by atoms with Gasteiger partial charge in [-0.1, -0.05) is 0 Å². The Morgan fingerprint density at radius 1 is 1.57 bits per heavy atom. The number of nitrogens with two attached hydrogens (primary N) is 1. The lowest BCUT2D eigenvalue weighted by molar-refractivity contribution is 0.246. The molecule has 0 amide bonds. The van der Waals surface area contributed by atoms with Crippen molar-refractivity contribution in [1.82, 2.24) is 0 Å². The van der Waals surface area contributed by atoms with Gasteiger partial charge >= 0.3 is 0 Å². The SMILES string of the molecule is COc1ccc(F)c2c1C[C@H](N)CO2. The molecule has 0 bridgehead atoms. The van der Waals surface area contributed by atoms with Gasteiger partial charge in [0.2, 0.25) is 0 Å². The molecular weight excluding hydrogens is 185 g/mol. The van der Waals surface area contributed by atoms with Crippen LogP contribution in [-0.4, -0.2) is 19.8 Å². The maximum Gasteiger partial charge on any atom is 0.165 e. The van der Waals surface area contributed by atoms with Crippen molar-refractivity contribution in [2.24, 2.45) is 5.73 Å². The van der Waals surface area contributed by atoms with Crippen LogP contribution in [0.4, 0.5) is 4.39 Å². The van der Waals surface area contributed by atoms with E-state index in [0.717, 1.165) is 5.56 Å². The molecule has 1 aliphatic rings. The first kappa shape index (κ1) is 9.27. The molecule has 1 aliphatic heterocycles. The average Bonchev–Trinajstić information content (AvgIpc) is 2.18. The number of ether oxygens (including phenoxy) is 2. The van der Waals surface area contributed by atoms with Crippen LogP contribution in [0.2, 0.25) is 0 Å². The number of methoxy groups -OCH3 is 1. The minimum absolute atomic E-state index is 0.0850. The van der Waals surface area contributed by atoms with Crippen molar-refractivity contribution in [3.05, 3.63) is 23.5 Å². The van der Waals surface area contributed by atoms with Gasteiger partial charge in [0.1, 0.15) is 12.4 Å². The van der Waals surface area contributed by atoms with Gasteiger partial charge in [-0.3, -0.25) is 0 Å². The van der Waals surface area contributed by atoms with Gasteiger partial charge in [0, 0.05) is 11.6 Å². The fraction of sp³-hybridized carbons (Fsp3) is 0.400. The van der Waals surface area contributed by atoms with E-state index in [1.807, 2.05) is 0 Å². The number of halogens is 1. The quantitative estimate of drug-likeness (QED) is 0.733. The predicted octanol–water partition coefficient (Wildman–Crippen LogP) is 1.10. The van der Waals surface area contributed by atoms with Crippen LogP contribution in [0.1, 0.15) is 5.56 Å². The number of hydrogen-bond acceptors (Lipinski definition) is 3. The Hall–Kier alpha value is -1.29. The highest BCUT2D eigenvalue weighted by Gasteiger charge is 2.23. The molecule has 0 fully saturated rings. The lowest BCUT2D eigenvalue weighted by Gasteiger charge is -2.24. The molecular formula is C10H12FNO2. The molecule has 1 heterocycles. The lowest BCUT2D eigenvalue weighted by atomic mass is 10.0. The molecule has 0 spiro atoms. The van der Waals surface area contributed by atoms with Crippen molar-refractivity contribution in [3.63, 3.8) is 0 Å². The monoisotopic (exact) mass is 197 g/mol. The molecule has 0 radical (unpaired) electrons. The van der Waals surface area contributed by atoms with Gasteiger partial charge in [0.15, 0.2) is 11.6 Å². The summed E-state index contributed by atoms with van der Waals surface area (Å²) in [4.78, 5) is 0. The Morgan fingerprint density at radius 3 is 3.07 bits per heavy atom. The summed E-state index contributed by atoms with van der Waals surface area (Å²) in [5.41, 5.74) is 6.45. The maximum atomic E-state index is 13.3. The first-order chi connectivity index (χ1) is 6.72. The summed E-state index contributed by atoms with van der Waals surface area (Å²) >= 11 is 0. The summed E-state index contributed by atoms with van der Waals surface area (Å²) < 4.78 is 23.6. The van der Waals surface area contributed by atoms with Crippen LogP contribution in [0.15, 0.2) is 12.1 Å². The normalized spacial score (nSPS) is 19.8. The van der Waals surface area contributed by atoms with E-state index in [1.54, 1.807) is 13.2 Å². The summed E-state index contributed by atoms with van der Waals surface area (Å²) in [7, 11) is 1.55. The zero-order chi connectivity index (χ0) is 10.1. The molecule has 0 aromatic heterocycles. The molecule has 4 heteroatoms. The summed E-state index contributed by atoms with van der Waals surface area (Å²) in [6.07, 6.45) is 0.594. The van der Waals surface area contributed by atoms with Crippen LogP contribution < -0.4 is 15.2 Å². The Balaban J connectivity index is 2.49. The summed E-state index contributed by atoms with van der Waals surface area (Å²) in [6.45, 7) is 0.358. The van der Waals surface area contributed by atoms with Gasteiger partial charge in [-0.15, -0.1) is 0 Å². The standard InChI is InChI=1S/C10H12FNO2/c1-13-9-3-2-8(11)10-7(9)4-6(12)5-14-10/h2-3,6H,4-5,12H2,1H3/t6-/m0/s1. The van der Waals surface area contributed by atoms with E-state index >= 15 is 0 Å². The van der Waals surface area contributed by atoms with Gasteiger partial charge in [-0.2, -0.15) is 0 Å². The van der Waals surface area contributed by atoms with Crippen molar-refractivity contribution in [1.29, 1.82) is 0 Å². The molecule has 14 heavy (non-hydrogen) atoms. The molecule has 0 saturated carbocycles. The molecule has 2 N–H and O–H groups in total. The Bertz CT molecular complexity index is 354. The predicted molar refractivity (Wildman–Crippen MR) is 50.1 cm³/mol. The number of hydrogen-bond donors (Lipinski definition) is 1. The molecule has 1 aromatic rings. The van der Waals surface area contributed by atoms with Crippen LogP contribution in [0.25, 0.3) is 0 Å². The number of benzene rings is 1. The molecule has 1 aromatic carbocycles. The van der Waals surface area contributed by atoms with Crippen molar-refractivity contribution >= 4 is 0 Å². The second-order valence-corrected chi connectivity index (χ2v) is 3.33. The Morgan fingerprint density at radius 2 is 2.36 bits per heavy atom. The first-order valence-corrected chi connectivity index (χ1v) is 4.46. The fourth-order valence-electron chi connectivity index (χ4n) is 1.63. The third kappa shape index (κ3) is 1.42. The number of rotatable bonds is 1. The molecule has 2 rings (SSSR count). The van der Waals surface area contributed by atoms with Crippen molar-refractivity contribution in [3.8, 4) is 11.5 Å². The van der Waals surface area contributed by atoms with E-state index in [1.165, 1.54) is 6.07 Å². The highest BCUT2D eigenvalue weighted by atomic mass is 19.1. The highest BCUT2D eigenvalue weighted by molar-refractivity contribution is 5.47. The van der Waals surface area contributed by atoms with Crippen molar-refractivity contribution in [2.75, 3.05) is 13.7 Å². The van der Waals surface area contributed by atoms with Crippen molar-refractivity contribution < 1.29 is 13.9 Å². The third-order valence-corrected chi connectivity index (χ3v) is 2.30. The van der Waals surface area contributed by atoms with Gasteiger partial charge in [0.25, 0.3) is 0 Å². The number of fused-ring (bicyclic) bond motifs is 1. The smallest absolute Gasteiger partial charge is 0.165 e. The zero-order valence-electron chi connectivity index (χ0n) is 7.92. The van der Waals surface area contributed by atoms with E-state index in [2.05, 4.69) is 0 Å². The van der Waals surface area contributed by atoms with E-state index in [9.17, 15) is 4.39 Å². The van der Waals surface area contributed by atoms with E-state index in [4.69, 9.17) is 15.2 Å². The first-order valence-electron chi connectivity index (χ1n) is 4.46. The summed E-state index contributed by atoms with van der Waals surface area (Å²) in [6, 6.07) is 2.85. The van der Waals surface area contributed by atoms with E-state index < -0.39 is 0 Å². The van der Waals surface area contributed by atoms with Crippen molar-refractivity contribution in [2.45, 2.75) is 12.5 Å². The molecule has 3 nitrogen and oxygen atoms in total. The molecule has 76 valence electrons. The molecule has 1 atom stereocenters. The summed E-state index contributed by atoms with van der Waals surface area (Å²) in [5, 5.41) is 0. The maximum absolute atomic E-state index is 13.3. The summed E-state index contributed by atoms with van der Waals surface area (Å²) in [5.74, 6) is 0.565. The van der Waals surface area contributed by atoms with Crippen LogP contribution in [-0.2, 0) is 6.42 Å². The van der Waals surface area contributed by atoms with Crippen LogP contribution in [0, 0.1) is 5.82 Å². The van der Waals surface area contributed by atoms with E-state index in [-0.39, 0.29) is 17.6 Å². The topological polar surface area (TPSA) is 44.5 Å². The highest BCUT2D eigenvalue weighted by Crippen LogP contribution is 2.34. The van der Waals surface area contributed by atoms with Gasteiger partial charge in [0.05, 0.1) is 7.11 Å². The largest absolute Gasteiger partial charge is 0.496 e. The Labute approximate surface area is 81.6 Å². The van der Waals surface area contributed by atoms with Crippen LogP contribution >= 0.6 is 0 Å². The second-order valence-electron chi connectivity index (χ2n) is 3.33. The molecule has 0 saturated heterocycles.